The highest BCUT2D eigenvalue weighted by Crippen LogP contribution is 2.23. The average Bonchev–Trinajstić information content (AvgIpc) is 2.72. The number of carbonyl (C=O) groups excluding carboxylic acids is 2. The van der Waals surface area contributed by atoms with E-state index in [0.717, 1.165) is 5.56 Å². The Morgan fingerprint density at radius 1 is 1.39 bits per heavy atom. The molecule has 0 N–H and O–H groups in total. The number of esters is 1. The Morgan fingerprint density at radius 2 is 2.11 bits per heavy atom. The van der Waals surface area contributed by atoms with Crippen molar-refractivity contribution in [2.24, 2.45) is 5.92 Å². The van der Waals surface area contributed by atoms with E-state index in [-0.39, 0.29) is 24.1 Å². The number of Topliss-reactive ketones (excluding diaryl/α,β-unsaturated/α-hetero) is 1. The Morgan fingerprint density at radius 3 is 2.78 bits per heavy atom. The highest BCUT2D eigenvalue weighted by Gasteiger charge is 2.37. The third kappa shape index (κ3) is 3.17. The molecule has 4 heteroatoms. The Balaban J connectivity index is 1.83. The van der Waals surface area contributed by atoms with Gasteiger partial charge in [-0.2, -0.15) is 0 Å². The number of rotatable bonds is 5. The van der Waals surface area contributed by atoms with Crippen LogP contribution in [0.25, 0.3) is 0 Å². The first-order chi connectivity index (χ1) is 8.66. The van der Waals surface area contributed by atoms with Crippen molar-refractivity contribution < 1.29 is 19.1 Å². The lowest BCUT2D eigenvalue weighted by Crippen LogP contribution is -2.27. The summed E-state index contributed by atoms with van der Waals surface area (Å²) in [6.07, 6.45) is -0.368. The molecule has 1 aliphatic rings. The van der Waals surface area contributed by atoms with E-state index in [0.29, 0.717) is 13.2 Å². The lowest BCUT2D eigenvalue weighted by molar-refractivity contribution is -0.147. The summed E-state index contributed by atoms with van der Waals surface area (Å²) in [5.41, 5.74) is 1.07. The van der Waals surface area contributed by atoms with Gasteiger partial charge in [-0.3, -0.25) is 9.59 Å². The van der Waals surface area contributed by atoms with Gasteiger partial charge in [-0.15, -0.1) is 0 Å². The van der Waals surface area contributed by atoms with Gasteiger partial charge in [0.2, 0.25) is 0 Å². The SMILES string of the molecule is CC(=O)[C@@H]1OC(=O)C[C@@H]1COCc1ccccc1. The molecule has 0 unspecified atom stereocenters. The van der Waals surface area contributed by atoms with Gasteiger partial charge in [0, 0.05) is 5.92 Å². The number of ether oxygens (including phenoxy) is 2. The summed E-state index contributed by atoms with van der Waals surface area (Å²) in [6.45, 7) is 2.29. The first-order valence-corrected chi connectivity index (χ1v) is 5.98. The summed E-state index contributed by atoms with van der Waals surface area (Å²) >= 11 is 0. The molecule has 2 atom stereocenters. The van der Waals surface area contributed by atoms with Crippen molar-refractivity contribution in [3.8, 4) is 0 Å². The zero-order valence-electron chi connectivity index (χ0n) is 10.3. The van der Waals surface area contributed by atoms with Crippen LogP contribution in [-0.4, -0.2) is 24.5 Å². The molecule has 0 spiro atoms. The molecule has 18 heavy (non-hydrogen) atoms. The lowest BCUT2D eigenvalue weighted by atomic mass is 10.00. The molecular weight excluding hydrogens is 232 g/mol. The predicted molar refractivity (Wildman–Crippen MR) is 64.8 cm³/mol. The summed E-state index contributed by atoms with van der Waals surface area (Å²) in [6, 6.07) is 9.77. The van der Waals surface area contributed by atoms with E-state index < -0.39 is 6.10 Å². The van der Waals surface area contributed by atoms with E-state index in [1.54, 1.807) is 0 Å². The van der Waals surface area contributed by atoms with Gasteiger partial charge >= 0.3 is 5.97 Å². The van der Waals surface area contributed by atoms with Gasteiger partial charge in [0.25, 0.3) is 0 Å². The molecule has 0 aromatic heterocycles. The molecule has 0 radical (unpaired) electrons. The molecule has 1 heterocycles. The van der Waals surface area contributed by atoms with Gasteiger partial charge in [-0.1, -0.05) is 30.3 Å². The van der Waals surface area contributed by atoms with Crippen molar-refractivity contribution in [2.45, 2.75) is 26.1 Å². The normalized spacial score (nSPS) is 22.8. The second kappa shape index (κ2) is 5.78. The summed E-state index contributed by atoms with van der Waals surface area (Å²) < 4.78 is 10.5. The van der Waals surface area contributed by atoms with E-state index >= 15 is 0 Å². The minimum Gasteiger partial charge on any atom is -0.454 e. The smallest absolute Gasteiger partial charge is 0.307 e. The first kappa shape index (κ1) is 12.8. The molecule has 0 aliphatic carbocycles. The molecule has 4 nitrogen and oxygen atoms in total. The third-order valence-electron chi connectivity index (χ3n) is 2.96. The average molecular weight is 248 g/mol. The highest BCUT2D eigenvalue weighted by atomic mass is 16.6. The highest BCUT2D eigenvalue weighted by molar-refractivity contribution is 5.86. The standard InChI is InChI=1S/C14H16O4/c1-10(15)14-12(7-13(16)18-14)9-17-8-11-5-3-2-4-6-11/h2-6,12,14H,7-9H2,1H3/t12-,14+/m1/s1. The second-order valence-corrected chi connectivity index (χ2v) is 4.49. The summed E-state index contributed by atoms with van der Waals surface area (Å²) in [5.74, 6) is -0.587. The molecule has 0 saturated carbocycles. The molecule has 96 valence electrons. The molecule has 0 bridgehead atoms. The maximum atomic E-state index is 11.3. The third-order valence-corrected chi connectivity index (χ3v) is 2.96. The van der Waals surface area contributed by atoms with Crippen LogP contribution >= 0.6 is 0 Å². The molecule has 2 rings (SSSR count). The number of hydrogen-bond donors (Lipinski definition) is 0. The maximum Gasteiger partial charge on any atom is 0.307 e. The van der Waals surface area contributed by atoms with Crippen LogP contribution < -0.4 is 0 Å². The van der Waals surface area contributed by atoms with Crippen LogP contribution in [0.3, 0.4) is 0 Å². The van der Waals surface area contributed by atoms with Gasteiger partial charge in [0.05, 0.1) is 19.6 Å². The fourth-order valence-corrected chi connectivity index (χ4v) is 2.07. The Hall–Kier alpha value is -1.68. The van der Waals surface area contributed by atoms with Crippen molar-refractivity contribution in [1.82, 2.24) is 0 Å². The van der Waals surface area contributed by atoms with Crippen molar-refractivity contribution in [3.05, 3.63) is 35.9 Å². The van der Waals surface area contributed by atoms with Crippen LogP contribution in [-0.2, 0) is 25.7 Å². The summed E-state index contributed by atoms with van der Waals surface area (Å²) in [7, 11) is 0. The fraction of sp³-hybridized carbons (Fsp3) is 0.429. The summed E-state index contributed by atoms with van der Waals surface area (Å²) in [5, 5.41) is 0. The van der Waals surface area contributed by atoms with Crippen LogP contribution in [0.2, 0.25) is 0 Å². The first-order valence-electron chi connectivity index (χ1n) is 5.98. The quantitative estimate of drug-likeness (QED) is 0.744. The predicted octanol–water partition coefficient (Wildman–Crippen LogP) is 1.72. The molecule has 1 saturated heterocycles. The number of hydrogen-bond acceptors (Lipinski definition) is 4. The van der Waals surface area contributed by atoms with Crippen LogP contribution in [0.5, 0.6) is 0 Å². The van der Waals surface area contributed by atoms with Crippen molar-refractivity contribution in [3.63, 3.8) is 0 Å². The minimum absolute atomic E-state index is 0.117. The van der Waals surface area contributed by atoms with E-state index in [1.165, 1.54) is 6.92 Å². The Labute approximate surface area is 106 Å². The molecule has 0 amide bonds. The van der Waals surface area contributed by atoms with Crippen LogP contribution in [0.4, 0.5) is 0 Å². The fourth-order valence-electron chi connectivity index (χ4n) is 2.07. The number of ketones is 1. The molecule has 1 aliphatic heterocycles. The van der Waals surface area contributed by atoms with E-state index in [4.69, 9.17) is 9.47 Å². The maximum absolute atomic E-state index is 11.3. The van der Waals surface area contributed by atoms with Gasteiger partial charge in [-0.25, -0.2) is 0 Å². The van der Waals surface area contributed by atoms with Crippen molar-refractivity contribution in [1.29, 1.82) is 0 Å². The largest absolute Gasteiger partial charge is 0.454 e. The van der Waals surface area contributed by atoms with Crippen molar-refractivity contribution in [2.75, 3.05) is 6.61 Å². The van der Waals surface area contributed by atoms with Crippen LogP contribution in [0.15, 0.2) is 30.3 Å². The van der Waals surface area contributed by atoms with E-state index in [2.05, 4.69) is 0 Å². The molecule has 1 aromatic rings. The Bertz CT molecular complexity index is 427. The summed E-state index contributed by atoms with van der Waals surface area (Å²) in [4.78, 5) is 22.5. The monoisotopic (exact) mass is 248 g/mol. The van der Waals surface area contributed by atoms with E-state index in [1.807, 2.05) is 30.3 Å². The van der Waals surface area contributed by atoms with Crippen LogP contribution in [0, 0.1) is 5.92 Å². The van der Waals surface area contributed by atoms with Gasteiger partial charge in [-0.05, 0) is 12.5 Å². The number of carbonyl (C=O) groups is 2. The zero-order valence-corrected chi connectivity index (χ0v) is 10.3. The minimum atomic E-state index is -0.631. The second-order valence-electron chi connectivity index (χ2n) is 4.49. The van der Waals surface area contributed by atoms with Crippen LogP contribution in [0.1, 0.15) is 18.9 Å². The molecule has 1 aromatic carbocycles. The number of benzene rings is 1. The van der Waals surface area contributed by atoms with Gasteiger partial charge in [0.15, 0.2) is 11.9 Å². The number of cyclic esters (lactones) is 1. The molecule has 1 fully saturated rings. The van der Waals surface area contributed by atoms with E-state index in [9.17, 15) is 9.59 Å². The van der Waals surface area contributed by atoms with Crippen molar-refractivity contribution >= 4 is 11.8 Å². The lowest BCUT2D eigenvalue weighted by Gasteiger charge is -2.14. The van der Waals surface area contributed by atoms with Gasteiger partial charge < -0.3 is 9.47 Å². The zero-order chi connectivity index (χ0) is 13.0. The molecular formula is C14H16O4. The van der Waals surface area contributed by atoms with Gasteiger partial charge in [0.1, 0.15) is 0 Å². The Kier molecular flexibility index (Phi) is 4.10. The topological polar surface area (TPSA) is 52.6 Å².